The minimum Gasteiger partial charge on any atom is -0.456 e. The van der Waals surface area contributed by atoms with Gasteiger partial charge in [0.25, 0.3) is 0 Å². The molecule has 0 aliphatic carbocycles. The fourth-order valence-electron chi connectivity index (χ4n) is 1.60. The molecule has 0 heterocycles. The molecule has 0 aliphatic heterocycles. The van der Waals surface area contributed by atoms with Crippen molar-refractivity contribution in [3.05, 3.63) is 57.0 Å². The number of aryl methyl sites for hydroxylation is 1. The van der Waals surface area contributed by atoms with Crippen LogP contribution in [0.1, 0.15) is 11.1 Å². The summed E-state index contributed by atoms with van der Waals surface area (Å²) in [5.74, 6) is 1.26. The third-order valence-corrected chi connectivity index (χ3v) is 3.39. The second kappa shape index (κ2) is 5.63. The number of nitrogens with two attached hydrogens (primary N) is 1. The molecule has 0 spiro atoms. The van der Waals surface area contributed by atoms with E-state index < -0.39 is 0 Å². The molecule has 0 unspecified atom stereocenters. The van der Waals surface area contributed by atoms with E-state index in [0.29, 0.717) is 16.3 Å². The Bertz CT molecular complexity index is 643. The van der Waals surface area contributed by atoms with E-state index in [1.54, 1.807) is 18.2 Å². The Balaban J connectivity index is 2.31. The van der Waals surface area contributed by atoms with E-state index in [-0.39, 0.29) is 5.84 Å². The van der Waals surface area contributed by atoms with Crippen molar-refractivity contribution >= 4 is 33.4 Å². The van der Waals surface area contributed by atoms with Gasteiger partial charge in [0.15, 0.2) is 0 Å². The second-order valence-electron chi connectivity index (χ2n) is 4.07. The van der Waals surface area contributed by atoms with Crippen molar-refractivity contribution in [1.29, 1.82) is 5.41 Å². The van der Waals surface area contributed by atoms with Crippen LogP contribution in [0, 0.1) is 12.3 Å². The first kappa shape index (κ1) is 13.9. The lowest BCUT2D eigenvalue weighted by Crippen LogP contribution is -2.10. The number of halogens is 2. The number of nitrogen functional groups attached to an aromatic ring is 1. The minimum absolute atomic E-state index is 0.0201. The predicted octanol–water partition coefficient (Wildman–Crippen LogP) is 4.49. The van der Waals surface area contributed by atoms with Crippen molar-refractivity contribution < 1.29 is 4.74 Å². The summed E-state index contributed by atoms with van der Waals surface area (Å²) in [6, 6.07) is 10.8. The third kappa shape index (κ3) is 3.28. The van der Waals surface area contributed by atoms with E-state index in [0.717, 1.165) is 15.8 Å². The van der Waals surface area contributed by atoms with Gasteiger partial charge in [0.1, 0.15) is 17.3 Å². The Hall–Kier alpha value is -1.52. The zero-order chi connectivity index (χ0) is 14.0. The Morgan fingerprint density at radius 2 is 1.89 bits per heavy atom. The summed E-state index contributed by atoms with van der Waals surface area (Å²) in [5, 5.41) is 7.78. The molecule has 2 aromatic rings. The highest BCUT2D eigenvalue weighted by Gasteiger charge is 2.08. The molecule has 0 fully saturated rings. The topological polar surface area (TPSA) is 59.1 Å². The van der Waals surface area contributed by atoms with Crippen LogP contribution >= 0.6 is 27.5 Å². The molecule has 19 heavy (non-hydrogen) atoms. The number of amidine groups is 1. The van der Waals surface area contributed by atoms with Crippen LogP contribution < -0.4 is 10.5 Å². The minimum atomic E-state index is -0.0201. The summed E-state index contributed by atoms with van der Waals surface area (Å²) >= 11 is 9.52. The first-order chi connectivity index (χ1) is 8.97. The van der Waals surface area contributed by atoms with Crippen LogP contribution in [0.15, 0.2) is 40.9 Å². The number of ether oxygens (including phenoxy) is 1. The van der Waals surface area contributed by atoms with E-state index in [1.165, 1.54) is 0 Å². The van der Waals surface area contributed by atoms with Gasteiger partial charge in [-0.15, -0.1) is 0 Å². The maximum Gasteiger partial charge on any atom is 0.146 e. The lowest BCUT2D eigenvalue weighted by Gasteiger charge is -2.11. The fraction of sp³-hybridized carbons (Fsp3) is 0.0714. The third-order valence-electron chi connectivity index (χ3n) is 2.60. The van der Waals surface area contributed by atoms with E-state index in [9.17, 15) is 0 Å². The van der Waals surface area contributed by atoms with Crippen LogP contribution in [0.25, 0.3) is 0 Å². The molecule has 0 atom stereocenters. The van der Waals surface area contributed by atoms with Gasteiger partial charge in [0.05, 0.1) is 5.02 Å². The normalized spacial score (nSPS) is 10.3. The number of hydrogen-bond acceptors (Lipinski definition) is 2. The van der Waals surface area contributed by atoms with Crippen molar-refractivity contribution in [3.63, 3.8) is 0 Å². The highest BCUT2D eigenvalue weighted by Crippen LogP contribution is 2.32. The summed E-state index contributed by atoms with van der Waals surface area (Å²) < 4.78 is 6.76. The summed E-state index contributed by atoms with van der Waals surface area (Å²) in [4.78, 5) is 0. The van der Waals surface area contributed by atoms with Gasteiger partial charge in [-0.1, -0.05) is 27.5 Å². The van der Waals surface area contributed by atoms with E-state index >= 15 is 0 Å². The van der Waals surface area contributed by atoms with E-state index in [4.69, 9.17) is 27.5 Å². The average molecular weight is 340 g/mol. The Kier molecular flexibility index (Phi) is 4.12. The van der Waals surface area contributed by atoms with Gasteiger partial charge in [0, 0.05) is 10.0 Å². The van der Waals surface area contributed by atoms with Gasteiger partial charge < -0.3 is 10.5 Å². The van der Waals surface area contributed by atoms with Crippen LogP contribution in [0.4, 0.5) is 0 Å². The highest BCUT2D eigenvalue weighted by molar-refractivity contribution is 9.10. The molecule has 0 aliphatic rings. The van der Waals surface area contributed by atoms with E-state index in [2.05, 4.69) is 15.9 Å². The standard InChI is InChI=1S/C14H12BrClN2O/c1-8-6-10(15)3-5-12(8)19-13-4-2-9(14(17)18)7-11(13)16/h2-7H,1H3,(H3,17,18). The molecule has 2 rings (SSSR count). The van der Waals surface area contributed by atoms with Crippen LogP contribution in [0.3, 0.4) is 0 Å². The second-order valence-corrected chi connectivity index (χ2v) is 5.39. The summed E-state index contributed by atoms with van der Waals surface area (Å²) in [5.41, 5.74) is 6.98. The molecular formula is C14H12BrClN2O. The molecule has 3 nitrogen and oxygen atoms in total. The fourth-order valence-corrected chi connectivity index (χ4v) is 2.29. The molecule has 0 saturated carbocycles. The number of rotatable bonds is 3. The molecule has 0 radical (unpaired) electrons. The Morgan fingerprint density at radius 1 is 1.21 bits per heavy atom. The Labute approximate surface area is 125 Å². The van der Waals surface area contributed by atoms with Crippen molar-refractivity contribution in [2.45, 2.75) is 6.92 Å². The predicted molar refractivity (Wildman–Crippen MR) is 81.4 cm³/mol. The van der Waals surface area contributed by atoms with Crippen LogP contribution in [0.2, 0.25) is 5.02 Å². The smallest absolute Gasteiger partial charge is 0.146 e. The lowest BCUT2D eigenvalue weighted by molar-refractivity contribution is 0.479. The highest BCUT2D eigenvalue weighted by atomic mass is 79.9. The van der Waals surface area contributed by atoms with Gasteiger partial charge in [-0.25, -0.2) is 0 Å². The van der Waals surface area contributed by atoms with Crippen molar-refractivity contribution in [2.24, 2.45) is 5.73 Å². The van der Waals surface area contributed by atoms with Gasteiger partial charge in [-0.05, 0) is 48.9 Å². The van der Waals surface area contributed by atoms with Crippen molar-refractivity contribution in [1.82, 2.24) is 0 Å². The van der Waals surface area contributed by atoms with Crippen LogP contribution in [-0.2, 0) is 0 Å². The molecule has 0 aromatic heterocycles. The first-order valence-corrected chi connectivity index (χ1v) is 6.72. The average Bonchev–Trinajstić information content (AvgIpc) is 2.34. The maximum absolute atomic E-state index is 7.35. The van der Waals surface area contributed by atoms with Gasteiger partial charge in [0.2, 0.25) is 0 Å². The summed E-state index contributed by atoms with van der Waals surface area (Å²) in [7, 11) is 0. The lowest BCUT2D eigenvalue weighted by atomic mass is 10.2. The molecule has 0 saturated heterocycles. The molecule has 5 heteroatoms. The quantitative estimate of drug-likeness (QED) is 0.639. The largest absolute Gasteiger partial charge is 0.456 e. The zero-order valence-electron chi connectivity index (χ0n) is 10.2. The number of benzene rings is 2. The Morgan fingerprint density at radius 3 is 2.47 bits per heavy atom. The molecule has 3 N–H and O–H groups in total. The maximum atomic E-state index is 7.35. The molecule has 98 valence electrons. The SMILES string of the molecule is Cc1cc(Br)ccc1Oc1ccc(C(=N)N)cc1Cl. The summed E-state index contributed by atoms with van der Waals surface area (Å²) in [6.45, 7) is 1.96. The monoisotopic (exact) mass is 338 g/mol. The number of hydrogen-bond donors (Lipinski definition) is 2. The van der Waals surface area contributed by atoms with Crippen LogP contribution in [0.5, 0.6) is 11.5 Å². The summed E-state index contributed by atoms with van der Waals surface area (Å²) in [6.07, 6.45) is 0. The molecule has 2 aromatic carbocycles. The molecule has 0 bridgehead atoms. The van der Waals surface area contributed by atoms with Crippen molar-refractivity contribution in [2.75, 3.05) is 0 Å². The first-order valence-electron chi connectivity index (χ1n) is 5.55. The van der Waals surface area contributed by atoms with Gasteiger partial charge >= 0.3 is 0 Å². The molecule has 0 amide bonds. The van der Waals surface area contributed by atoms with Gasteiger partial charge in [-0.2, -0.15) is 0 Å². The van der Waals surface area contributed by atoms with Gasteiger partial charge in [-0.3, -0.25) is 5.41 Å². The number of nitrogens with one attached hydrogen (secondary N) is 1. The van der Waals surface area contributed by atoms with E-state index in [1.807, 2.05) is 25.1 Å². The zero-order valence-corrected chi connectivity index (χ0v) is 12.5. The van der Waals surface area contributed by atoms with Crippen LogP contribution in [-0.4, -0.2) is 5.84 Å². The molecular weight excluding hydrogens is 328 g/mol. The van der Waals surface area contributed by atoms with Crippen molar-refractivity contribution in [3.8, 4) is 11.5 Å².